The van der Waals surface area contributed by atoms with Crippen molar-refractivity contribution in [1.29, 1.82) is 0 Å². The van der Waals surface area contributed by atoms with Gasteiger partial charge in [0, 0.05) is 31.1 Å². The number of methoxy groups -OCH3 is 1. The van der Waals surface area contributed by atoms with E-state index in [1.807, 2.05) is 56.3 Å². The molecule has 4 aromatic rings. The lowest BCUT2D eigenvalue weighted by atomic mass is 10.1. The van der Waals surface area contributed by atoms with Crippen LogP contribution in [0.2, 0.25) is 0 Å². The van der Waals surface area contributed by atoms with Crippen LogP contribution in [0.3, 0.4) is 0 Å². The van der Waals surface area contributed by atoms with Gasteiger partial charge in [-0.3, -0.25) is 4.79 Å². The smallest absolute Gasteiger partial charge is 0.251 e. The molecule has 1 aromatic heterocycles. The van der Waals surface area contributed by atoms with Crippen LogP contribution in [0, 0.1) is 13.8 Å². The first-order valence-corrected chi connectivity index (χ1v) is 13.6. The Hall–Kier alpha value is -3.80. The van der Waals surface area contributed by atoms with Gasteiger partial charge in [-0.15, -0.1) is 0 Å². The lowest BCUT2D eigenvalue weighted by molar-refractivity contribution is 0.0952. The Balaban J connectivity index is 1.22. The maximum Gasteiger partial charge on any atom is 0.251 e. The van der Waals surface area contributed by atoms with Gasteiger partial charge in [0.15, 0.2) is 0 Å². The molecule has 0 aliphatic carbocycles. The Morgan fingerprint density at radius 3 is 2.58 bits per heavy atom. The van der Waals surface area contributed by atoms with Crippen molar-refractivity contribution in [2.24, 2.45) is 0 Å². The van der Waals surface area contributed by atoms with Crippen LogP contribution in [-0.4, -0.2) is 35.7 Å². The molecule has 0 atom stereocenters. The molecule has 38 heavy (non-hydrogen) atoms. The lowest BCUT2D eigenvalue weighted by Gasteiger charge is -2.11. The van der Waals surface area contributed by atoms with Crippen LogP contribution < -0.4 is 14.8 Å². The highest BCUT2D eigenvalue weighted by Crippen LogP contribution is 2.21. The van der Waals surface area contributed by atoms with Crippen molar-refractivity contribution in [1.82, 2.24) is 14.9 Å². The van der Waals surface area contributed by atoms with Crippen molar-refractivity contribution in [3.05, 3.63) is 89.2 Å². The van der Waals surface area contributed by atoms with Crippen molar-refractivity contribution in [2.45, 2.75) is 58.9 Å². The number of nitrogens with one attached hydrogen (secondary N) is 1. The molecule has 0 bridgehead atoms. The number of carbonyl (C=O) groups excluding carboxylic acids is 1. The molecule has 0 radical (unpaired) electrons. The quantitative estimate of drug-likeness (QED) is 0.191. The molecule has 0 saturated heterocycles. The van der Waals surface area contributed by atoms with Gasteiger partial charge in [-0.05, 0) is 75.4 Å². The predicted octanol–water partition coefficient (Wildman–Crippen LogP) is 6.66. The summed E-state index contributed by atoms with van der Waals surface area (Å²) in [6, 6.07) is 22.0. The predicted molar refractivity (Wildman–Crippen MR) is 153 cm³/mol. The number of benzene rings is 3. The number of fused-ring (bicyclic) bond motifs is 1. The van der Waals surface area contributed by atoms with Crippen LogP contribution in [0.1, 0.15) is 59.4 Å². The highest BCUT2D eigenvalue weighted by molar-refractivity contribution is 5.95. The number of rotatable bonds is 14. The molecule has 0 unspecified atom stereocenters. The van der Waals surface area contributed by atoms with Gasteiger partial charge in [-0.2, -0.15) is 0 Å². The minimum Gasteiger partial charge on any atom is -0.497 e. The van der Waals surface area contributed by atoms with E-state index in [0.717, 1.165) is 79.0 Å². The summed E-state index contributed by atoms with van der Waals surface area (Å²) in [7, 11) is 1.66. The van der Waals surface area contributed by atoms with E-state index in [-0.39, 0.29) is 5.91 Å². The summed E-state index contributed by atoms with van der Waals surface area (Å²) in [6.45, 7) is 6.31. The zero-order valence-corrected chi connectivity index (χ0v) is 22.8. The topological polar surface area (TPSA) is 65.4 Å². The molecule has 1 amide bonds. The first kappa shape index (κ1) is 27.2. The SMILES string of the molecule is COc1cccc(OCCCCn2c(CCCCCNC(=O)c3ccc(C)cc3C)nc3ccccc32)c1. The number of aromatic nitrogens is 2. The van der Waals surface area contributed by atoms with E-state index in [4.69, 9.17) is 14.5 Å². The molecule has 200 valence electrons. The van der Waals surface area contributed by atoms with E-state index in [1.165, 1.54) is 11.1 Å². The highest BCUT2D eigenvalue weighted by Gasteiger charge is 2.11. The average Bonchev–Trinajstić information content (AvgIpc) is 3.27. The maximum atomic E-state index is 12.5. The molecule has 4 rings (SSSR count). The molecule has 1 N–H and O–H groups in total. The maximum absolute atomic E-state index is 12.5. The molecule has 0 fully saturated rings. The highest BCUT2D eigenvalue weighted by atomic mass is 16.5. The van der Waals surface area contributed by atoms with Crippen molar-refractivity contribution < 1.29 is 14.3 Å². The Bertz CT molecular complexity index is 1350. The summed E-state index contributed by atoms with van der Waals surface area (Å²) in [5, 5.41) is 3.07. The van der Waals surface area contributed by atoms with Crippen LogP contribution in [-0.2, 0) is 13.0 Å². The fraction of sp³-hybridized carbons (Fsp3) is 0.375. The summed E-state index contributed by atoms with van der Waals surface area (Å²) < 4.78 is 13.5. The zero-order chi connectivity index (χ0) is 26.7. The van der Waals surface area contributed by atoms with E-state index in [1.54, 1.807) is 7.11 Å². The van der Waals surface area contributed by atoms with Gasteiger partial charge in [0.05, 0.1) is 24.8 Å². The number of ether oxygens (including phenoxy) is 2. The summed E-state index contributed by atoms with van der Waals surface area (Å²) in [6.07, 6.45) is 5.95. The molecule has 0 aliphatic rings. The van der Waals surface area contributed by atoms with Gasteiger partial charge < -0.3 is 19.4 Å². The lowest BCUT2D eigenvalue weighted by Crippen LogP contribution is -2.25. The summed E-state index contributed by atoms with van der Waals surface area (Å²) in [5.74, 6) is 2.79. The van der Waals surface area contributed by atoms with E-state index in [0.29, 0.717) is 13.2 Å². The summed E-state index contributed by atoms with van der Waals surface area (Å²) in [5.41, 5.74) is 5.20. The number of aryl methyl sites for hydroxylation is 4. The molecule has 3 aromatic carbocycles. The molecule has 0 saturated carbocycles. The Kier molecular flexibility index (Phi) is 9.79. The molecular weight excluding hydrogens is 474 g/mol. The van der Waals surface area contributed by atoms with E-state index in [2.05, 4.69) is 34.1 Å². The third-order valence-corrected chi connectivity index (χ3v) is 6.81. The number of nitrogens with zero attached hydrogens (tertiary/aromatic N) is 2. The first-order chi connectivity index (χ1) is 18.5. The van der Waals surface area contributed by atoms with Crippen molar-refractivity contribution in [3.63, 3.8) is 0 Å². The third kappa shape index (κ3) is 7.37. The van der Waals surface area contributed by atoms with E-state index in [9.17, 15) is 4.79 Å². The van der Waals surface area contributed by atoms with Crippen molar-refractivity contribution in [2.75, 3.05) is 20.3 Å². The summed E-state index contributed by atoms with van der Waals surface area (Å²) in [4.78, 5) is 17.4. The minimum atomic E-state index is 0.0136. The second kappa shape index (κ2) is 13.7. The largest absolute Gasteiger partial charge is 0.497 e. The van der Waals surface area contributed by atoms with Crippen LogP contribution in [0.15, 0.2) is 66.7 Å². The second-order valence-electron chi connectivity index (χ2n) is 9.79. The van der Waals surface area contributed by atoms with Gasteiger partial charge in [0.1, 0.15) is 17.3 Å². The number of carbonyl (C=O) groups is 1. The number of imidazole rings is 1. The van der Waals surface area contributed by atoms with Crippen LogP contribution >= 0.6 is 0 Å². The Morgan fingerprint density at radius 1 is 0.895 bits per heavy atom. The molecular formula is C32H39N3O3. The van der Waals surface area contributed by atoms with Gasteiger partial charge in [-0.1, -0.05) is 42.3 Å². The zero-order valence-electron chi connectivity index (χ0n) is 22.8. The van der Waals surface area contributed by atoms with Crippen LogP contribution in [0.5, 0.6) is 11.5 Å². The molecule has 0 aliphatic heterocycles. The number of hydrogen-bond acceptors (Lipinski definition) is 4. The summed E-state index contributed by atoms with van der Waals surface area (Å²) >= 11 is 0. The van der Waals surface area contributed by atoms with Crippen molar-refractivity contribution in [3.8, 4) is 11.5 Å². The first-order valence-electron chi connectivity index (χ1n) is 13.6. The number of hydrogen-bond donors (Lipinski definition) is 1. The number of para-hydroxylation sites is 2. The molecule has 6 nitrogen and oxygen atoms in total. The van der Waals surface area contributed by atoms with Crippen molar-refractivity contribution >= 4 is 16.9 Å². The second-order valence-corrected chi connectivity index (χ2v) is 9.79. The van der Waals surface area contributed by atoms with Crippen LogP contribution in [0.4, 0.5) is 0 Å². The fourth-order valence-electron chi connectivity index (χ4n) is 4.77. The molecule has 6 heteroatoms. The molecule has 0 spiro atoms. The van der Waals surface area contributed by atoms with Crippen LogP contribution in [0.25, 0.3) is 11.0 Å². The number of unbranched alkanes of at least 4 members (excludes halogenated alkanes) is 3. The van der Waals surface area contributed by atoms with E-state index < -0.39 is 0 Å². The fourth-order valence-corrected chi connectivity index (χ4v) is 4.77. The van der Waals surface area contributed by atoms with Gasteiger partial charge >= 0.3 is 0 Å². The normalized spacial score (nSPS) is 11.0. The average molecular weight is 514 g/mol. The number of amides is 1. The van der Waals surface area contributed by atoms with E-state index >= 15 is 0 Å². The third-order valence-electron chi connectivity index (χ3n) is 6.81. The minimum absolute atomic E-state index is 0.0136. The van der Waals surface area contributed by atoms with Gasteiger partial charge in [-0.25, -0.2) is 4.98 Å². The Morgan fingerprint density at radius 2 is 1.74 bits per heavy atom. The Labute approximate surface area is 226 Å². The molecule has 1 heterocycles. The van der Waals surface area contributed by atoms with Gasteiger partial charge in [0.25, 0.3) is 5.91 Å². The monoisotopic (exact) mass is 513 g/mol. The van der Waals surface area contributed by atoms with Gasteiger partial charge in [0.2, 0.25) is 0 Å². The standard InChI is InChI=1S/C32H39N3O3/c1-24-17-18-28(25(2)22-24)32(36)33-19-8-4-5-16-31-34-29-14-6-7-15-30(29)35(31)20-9-10-21-38-27-13-11-12-26(23-27)37-3/h6-7,11-15,17-18,22-23H,4-5,8-10,16,19-21H2,1-3H3,(H,33,36).